The molecule has 404 valence electrons. The predicted molar refractivity (Wildman–Crippen MR) is 277 cm³/mol. The van der Waals surface area contributed by atoms with Crippen molar-refractivity contribution in [1.29, 1.82) is 0 Å². The Hall–Kier alpha value is -5.13. The first kappa shape index (κ1) is 50.4. The van der Waals surface area contributed by atoms with Gasteiger partial charge in [0.1, 0.15) is 31.4 Å². The van der Waals surface area contributed by atoms with Gasteiger partial charge in [0.25, 0.3) is 0 Å². The average molecular weight is 1040 g/mol. The van der Waals surface area contributed by atoms with Gasteiger partial charge in [0.15, 0.2) is 0 Å². The molecule has 23 unspecified atom stereocenters. The van der Waals surface area contributed by atoms with Gasteiger partial charge in [0.2, 0.25) is 0 Å². The van der Waals surface area contributed by atoms with Gasteiger partial charge in [-0.15, -0.1) is 0 Å². The Kier molecular flexibility index (Phi) is 13.9. The van der Waals surface area contributed by atoms with Crippen LogP contribution in [0.2, 0.25) is 0 Å². The summed E-state index contributed by atoms with van der Waals surface area (Å²) in [5.74, 6) is 5.68. The van der Waals surface area contributed by atoms with Gasteiger partial charge in [0.05, 0.1) is 48.7 Å². The molecule has 12 heteroatoms. The monoisotopic (exact) mass is 1040 g/mol. The molecule has 0 aromatic rings. The second-order valence-electron chi connectivity index (χ2n) is 26.1. The van der Waals surface area contributed by atoms with E-state index in [2.05, 4.69) is 85.1 Å². The summed E-state index contributed by atoms with van der Waals surface area (Å²) in [7, 11) is 0. The second kappa shape index (κ2) is 20.9. The maximum absolute atomic E-state index is 12.9. The summed E-state index contributed by atoms with van der Waals surface area (Å²) in [6.07, 6.45) is 44.0. The van der Waals surface area contributed by atoms with E-state index < -0.39 is 0 Å². The number of ether oxygens (including phenoxy) is 5. The van der Waals surface area contributed by atoms with E-state index in [9.17, 15) is 33.6 Å². The lowest BCUT2D eigenvalue weighted by Crippen LogP contribution is -2.50. The molecule has 14 bridgehead atoms. The number of hydrogen-bond donors (Lipinski definition) is 0. The van der Waals surface area contributed by atoms with Crippen LogP contribution < -0.4 is 0 Å². The third-order valence-corrected chi connectivity index (χ3v) is 21.6. The first-order valence-electron chi connectivity index (χ1n) is 29.7. The Bertz CT molecular complexity index is 2380. The number of Topliss-reactive ketones (excluding diaryl/α,β-unsaturated/α-hetero) is 2. The second-order valence-corrected chi connectivity index (χ2v) is 26.1. The van der Waals surface area contributed by atoms with Crippen LogP contribution in [0.1, 0.15) is 89.9 Å². The Labute approximate surface area is 447 Å². The van der Waals surface area contributed by atoms with E-state index in [0.29, 0.717) is 102 Å². The van der Waals surface area contributed by atoms with Crippen molar-refractivity contribution in [3.63, 3.8) is 0 Å². The molecule has 12 nitrogen and oxygen atoms in total. The molecular formula is C64H76O12. The van der Waals surface area contributed by atoms with Crippen LogP contribution in [0.25, 0.3) is 0 Å². The highest BCUT2D eigenvalue weighted by atomic mass is 16.6. The fraction of sp³-hybridized carbons (Fsp3) is 0.672. The van der Waals surface area contributed by atoms with Crippen LogP contribution in [-0.2, 0) is 57.2 Å². The molecule has 0 N–H and O–H groups in total. The third kappa shape index (κ3) is 9.59. The molecule has 0 heterocycles. The van der Waals surface area contributed by atoms with Crippen LogP contribution >= 0.6 is 0 Å². The molecule has 15 aliphatic carbocycles. The maximum Gasteiger partial charge on any atom is 0.309 e. The first-order valence-corrected chi connectivity index (χ1v) is 29.7. The summed E-state index contributed by atoms with van der Waals surface area (Å²) in [6.45, 7) is 1.01. The fourth-order valence-electron chi connectivity index (χ4n) is 17.9. The maximum atomic E-state index is 12.9. The van der Waals surface area contributed by atoms with E-state index in [1.54, 1.807) is 0 Å². The van der Waals surface area contributed by atoms with Gasteiger partial charge < -0.3 is 23.7 Å². The van der Waals surface area contributed by atoms with Gasteiger partial charge in [-0.25, -0.2) is 0 Å². The van der Waals surface area contributed by atoms with Crippen molar-refractivity contribution in [2.75, 3.05) is 33.0 Å². The van der Waals surface area contributed by atoms with Crippen molar-refractivity contribution >= 4 is 41.4 Å². The summed E-state index contributed by atoms with van der Waals surface area (Å²) in [6, 6.07) is 0. The average Bonchev–Trinajstić information content (AvgIpc) is 4.45. The number of hydrogen-bond acceptors (Lipinski definition) is 12. The highest BCUT2D eigenvalue weighted by Gasteiger charge is 2.64. The summed E-state index contributed by atoms with van der Waals surface area (Å²) < 4.78 is 27.9. The molecule has 15 rings (SSSR count). The lowest BCUT2D eigenvalue weighted by Gasteiger charge is -2.40. The van der Waals surface area contributed by atoms with Crippen molar-refractivity contribution < 1.29 is 57.2 Å². The van der Waals surface area contributed by atoms with Crippen LogP contribution in [0, 0.1) is 142 Å². The van der Waals surface area contributed by atoms with Gasteiger partial charge in [0, 0.05) is 30.1 Å². The number of ketones is 2. The largest absolute Gasteiger partial charge is 0.465 e. The molecule has 0 radical (unpaired) electrons. The number of carbonyl (C=O) groups excluding carboxylic acids is 7. The number of allylic oxidation sites excluding steroid dienone is 14. The van der Waals surface area contributed by atoms with Crippen molar-refractivity contribution in [3.05, 3.63) is 85.1 Å². The zero-order valence-electron chi connectivity index (χ0n) is 43.8. The van der Waals surface area contributed by atoms with Gasteiger partial charge in [-0.3, -0.25) is 33.6 Å². The van der Waals surface area contributed by atoms with Gasteiger partial charge in [-0.05, 0) is 166 Å². The Morgan fingerprint density at radius 2 is 0.671 bits per heavy atom. The standard InChI is InChI=1S/C29H36O6.C19H24O4.C16H16O2/c30-27(24-11-17-2-1-3-21(24)8-17)33-14-20(15-34-28(31)25-12-18-4-6-22(25)9-18)16-35-29(32)26-13-19-5-7-23(26)10-19;20-18(16-10-12-2-4-14(16)8-12)22-6-1-7-23-19(21)17-11-13-3-5-15(17)9-13;17-15-11-7-1-2-8(5-7)12(11)16(18)14-10-4-3-9(6-10)13(14)15/h1-2,4-7,17-26H,3,8-16H2;2-5,12-17H,1,6-11H2;1-4,7-14H,5-6H2. The molecule has 15 aliphatic rings. The SMILES string of the molecule is O=C(OCC(COC(=O)C1CC2C=CC1C2)COC(=O)C1CC2C=CCC1C2)C1CC2C=CC1C2.O=C(OCCCOC(=O)C1CC2C=CC1C2)C1CC2C=CC1C2.O=C1C2C3C=CC(C3)C2C(=O)C2C3C=CC(C3)C12. The molecule has 8 fully saturated rings. The van der Waals surface area contributed by atoms with Crippen molar-refractivity contribution in [2.24, 2.45) is 142 Å². The third-order valence-electron chi connectivity index (χ3n) is 21.6. The molecule has 0 spiro atoms. The highest BCUT2D eigenvalue weighted by molar-refractivity contribution is 6.02. The van der Waals surface area contributed by atoms with Crippen LogP contribution in [0.3, 0.4) is 0 Å². The normalized spacial score (nSPS) is 44.2. The smallest absolute Gasteiger partial charge is 0.309 e. The van der Waals surface area contributed by atoms with Gasteiger partial charge in [-0.1, -0.05) is 85.1 Å². The number of carbonyl (C=O) groups is 7. The van der Waals surface area contributed by atoms with Crippen molar-refractivity contribution in [3.8, 4) is 0 Å². The van der Waals surface area contributed by atoms with Crippen molar-refractivity contribution in [2.45, 2.75) is 89.9 Å². The number of esters is 5. The van der Waals surface area contributed by atoms with E-state index in [0.717, 1.165) is 83.5 Å². The molecule has 0 aromatic heterocycles. The summed E-state index contributed by atoms with van der Waals surface area (Å²) in [5.41, 5.74) is 0. The van der Waals surface area contributed by atoms with E-state index in [1.807, 2.05) is 0 Å². The zero-order chi connectivity index (χ0) is 51.8. The molecule has 0 saturated heterocycles. The fourth-order valence-corrected chi connectivity index (χ4v) is 17.9. The lowest BCUT2D eigenvalue weighted by molar-refractivity contribution is -0.160. The van der Waals surface area contributed by atoms with Crippen LogP contribution in [0.15, 0.2) is 85.1 Å². The highest BCUT2D eigenvalue weighted by Crippen LogP contribution is 2.61. The Morgan fingerprint density at radius 3 is 1.00 bits per heavy atom. The molecule has 0 aromatic carbocycles. The van der Waals surface area contributed by atoms with E-state index in [-0.39, 0.29) is 121 Å². The Balaban J connectivity index is 0.000000116. The molecule has 76 heavy (non-hydrogen) atoms. The van der Waals surface area contributed by atoms with Gasteiger partial charge in [-0.2, -0.15) is 0 Å². The first-order chi connectivity index (χ1) is 37.0. The van der Waals surface area contributed by atoms with Crippen LogP contribution in [0.4, 0.5) is 0 Å². The minimum Gasteiger partial charge on any atom is -0.465 e. The molecule has 8 saturated carbocycles. The van der Waals surface area contributed by atoms with E-state index in [1.165, 1.54) is 0 Å². The topological polar surface area (TPSA) is 166 Å². The molecular weight excluding hydrogens is 961 g/mol. The Morgan fingerprint density at radius 1 is 0.355 bits per heavy atom. The molecule has 0 aliphatic heterocycles. The van der Waals surface area contributed by atoms with Crippen molar-refractivity contribution in [1.82, 2.24) is 0 Å². The molecule has 0 amide bonds. The predicted octanol–water partition coefficient (Wildman–Crippen LogP) is 9.16. The van der Waals surface area contributed by atoms with E-state index in [4.69, 9.17) is 23.7 Å². The minimum absolute atomic E-state index is 0.0431. The lowest BCUT2D eigenvalue weighted by atomic mass is 9.60. The summed E-state index contributed by atoms with van der Waals surface area (Å²) in [5, 5.41) is 0. The van der Waals surface area contributed by atoms with E-state index >= 15 is 0 Å². The number of rotatable bonds is 15. The quantitative estimate of drug-likeness (QED) is 0.0662. The van der Waals surface area contributed by atoms with Gasteiger partial charge >= 0.3 is 29.8 Å². The summed E-state index contributed by atoms with van der Waals surface area (Å²) >= 11 is 0. The summed E-state index contributed by atoms with van der Waals surface area (Å²) in [4.78, 5) is 88.1. The number of fused-ring (bicyclic) bond motifs is 20. The van der Waals surface area contributed by atoms with Crippen LogP contribution in [-0.4, -0.2) is 74.4 Å². The van der Waals surface area contributed by atoms with Crippen LogP contribution in [0.5, 0.6) is 0 Å². The minimum atomic E-state index is -0.353. The zero-order valence-corrected chi connectivity index (χ0v) is 43.8. The molecule has 23 atom stereocenters.